The standard InChI is InChI=1S/C12H15N5O4/c1-7(2)9-3-10(21-15-9)12(20)13-4-8-5-17(16-14-8)6-11(18)19/h3,5,7H,4,6H2,1-2H3,(H,13,20)(H,18,19). The van der Waals surface area contributed by atoms with Crippen LogP contribution in [0.1, 0.15) is 41.7 Å². The van der Waals surface area contributed by atoms with Crippen LogP contribution in [0.5, 0.6) is 0 Å². The van der Waals surface area contributed by atoms with Crippen LogP contribution in [-0.4, -0.2) is 37.1 Å². The molecule has 0 aliphatic rings. The van der Waals surface area contributed by atoms with Crippen molar-refractivity contribution in [1.82, 2.24) is 25.5 Å². The highest BCUT2D eigenvalue weighted by molar-refractivity contribution is 5.91. The van der Waals surface area contributed by atoms with E-state index in [0.29, 0.717) is 11.4 Å². The molecular weight excluding hydrogens is 278 g/mol. The first-order chi connectivity index (χ1) is 9.95. The number of carbonyl (C=O) groups is 2. The zero-order valence-electron chi connectivity index (χ0n) is 11.6. The molecule has 2 aromatic heterocycles. The van der Waals surface area contributed by atoms with E-state index >= 15 is 0 Å². The van der Waals surface area contributed by atoms with Gasteiger partial charge in [-0.15, -0.1) is 5.10 Å². The van der Waals surface area contributed by atoms with Crippen LogP contribution < -0.4 is 5.32 Å². The van der Waals surface area contributed by atoms with Gasteiger partial charge in [0.1, 0.15) is 12.2 Å². The summed E-state index contributed by atoms with van der Waals surface area (Å²) < 4.78 is 6.13. The molecule has 112 valence electrons. The van der Waals surface area contributed by atoms with Crippen LogP contribution in [-0.2, 0) is 17.9 Å². The Morgan fingerprint density at radius 3 is 2.86 bits per heavy atom. The second-order valence-corrected chi connectivity index (χ2v) is 4.75. The number of nitrogens with one attached hydrogen (secondary N) is 1. The van der Waals surface area contributed by atoms with E-state index in [9.17, 15) is 9.59 Å². The quantitative estimate of drug-likeness (QED) is 0.790. The molecule has 0 saturated carbocycles. The van der Waals surface area contributed by atoms with Gasteiger partial charge in [0.05, 0.1) is 18.4 Å². The summed E-state index contributed by atoms with van der Waals surface area (Å²) in [6.45, 7) is 3.73. The Balaban J connectivity index is 1.91. The summed E-state index contributed by atoms with van der Waals surface area (Å²) in [6, 6.07) is 1.58. The van der Waals surface area contributed by atoms with Crippen LogP contribution in [0.2, 0.25) is 0 Å². The predicted octanol–water partition coefficient (Wildman–Crippen LogP) is 0.404. The van der Waals surface area contributed by atoms with Gasteiger partial charge in [-0.3, -0.25) is 9.59 Å². The topological polar surface area (TPSA) is 123 Å². The Bertz CT molecular complexity index is 646. The summed E-state index contributed by atoms with van der Waals surface area (Å²) >= 11 is 0. The third kappa shape index (κ3) is 3.88. The Morgan fingerprint density at radius 2 is 2.24 bits per heavy atom. The Morgan fingerprint density at radius 1 is 1.48 bits per heavy atom. The van der Waals surface area contributed by atoms with E-state index in [-0.39, 0.29) is 24.8 Å². The third-order valence-corrected chi connectivity index (χ3v) is 2.66. The van der Waals surface area contributed by atoms with E-state index < -0.39 is 11.9 Å². The van der Waals surface area contributed by atoms with Gasteiger partial charge in [0, 0.05) is 6.07 Å². The molecule has 2 rings (SSSR count). The Hall–Kier alpha value is -2.71. The van der Waals surface area contributed by atoms with Crippen LogP contribution in [0.15, 0.2) is 16.8 Å². The molecule has 2 N–H and O–H groups in total. The summed E-state index contributed by atoms with van der Waals surface area (Å²) in [5.41, 5.74) is 1.15. The SMILES string of the molecule is CC(C)c1cc(C(=O)NCc2cn(CC(=O)O)nn2)on1. The lowest BCUT2D eigenvalue weighted by molar-refractivity contribution is -0.137. The number of carboxylic acid groups (broad SMARTS) is 1. The molecule has 0 spiro atoms. The maximum Gasteiger partial charge on any atom is 0.325 e. The highest BCUT2D eigenvalue weighted by atomic mass is 16.5. The number of amides is 1. The molecule has 0 saturated heterocycles. The first kappa shape index (κ1) is 14.7. The van der Waals surface area contributed by atoms with Gasteiger partial charge in [-0.25, -0.2) is 4.68 Å². The number of aliphatic carboxylic acids is 1. The lowest BCUT2D eigenvalue weighted by Crippen LogP contribution is -2.22. The molecule has 9 nitrogen and oxygen atoms in total. The maximum atomic E-state index is 11.8. The Kier molecular flexibility index (Phi) is 4.31. The summed E-state index contributed by atoms with van der Waals surface area (Å²) in [5.74, 6) is -1.14. The molecule has 0 fully saturated rings. The van der Waals surface area contributed by atoms with Crippen molar-refractivity contribution >= 4 is 11.9 Å². The lowest BCUT2D eigenvalue weighted by atomic mass is 10.1. The van der Waals surface area contributed by atoms with Crippen LogP contribution in [0.4, 0.5) is 0 Å². The molecule has 2 aromatic rings. The first-order valence-electron chi connectivity index (χ1n) is 6.31. The second-order valence-electron chi connectivity index (χ2n) is 4.75. The molecule has 21 heavy (non-hydrogen) atoms. The Labute approximate surface area is 119 Å². The fourth-order valence-electron chi connectivity index (χ4n) is 1.56. The average Bonchev–Trinajstić information content (AvgIpc) is 3.04. The zero-order chi connectivity index (χ0) is 15.4. The maximum absolute atomic E-state index is 11.8. The van der Waals surface area contributed by atoms with Crippen molar-refractivity contribution in [3.63, 3.8) is 0 Å². The minimum atomic E-state index is -1.02. The molecule has 0 atom stereocenters. The number of rotatable bonds is 6. The zero-order valence-corrected chi connectivity index (χ0v) is 11.6. The van der Waals surface area contributed by atoms with Crippen LogP contribution in [0.3, 0.4) is 0 Å². The smallest absolute Gasteiger partial charge is 0.325 e. The lowest BCUT2D eigenvalue weighted by Gasteiger charge is -1.98. The van der Waals surface area contributed by atoms with E-state index in [4.69, 9.17) is 9.63 Å². The van der Waals surface area contributed by atoms with Gasteiger partial charge in [-0.1, -0.05) is 24.2 Å². The van der Waals surface area contributed by atoms with E-state index in [0.717, 1.165) is 0 Å². The highest BCUT2D eigenvalue weighted by Crippen LogP contribution is 2.13. The van der Waals surface area contributed by atoms with Gasteiger partial charge in [-0.05, 0) is 5.92 Å². The minimum absolute atomic E-state index is 0.121. The van der Waals surface area contributed by atoms with Crippen molar-refractivity contribution in [1.29, 1.82) is 0 Å². The number of carbonyl (C=O) groups excluding carboxylic acids is 1. The van der Waals surface area contributed by atoms with E-state index in [2.05, 4.69) is 20.8 Å². The van der Waals surface area contributed by atoms with Crippen LogP contribution in [0, 0.1) is 0 Å². The van der Waals surface area contributed by atoms with Crippen LogP contribution >= 0.6 is 0 Å². The molecule has 1 amide bonds. The minimum Gasteiger partial charge on any atom is -0.480 e. The highest BCUT2D eigenvalue weighted by Gasteiger charge is 2.15. The molecule has 0 aliphatic carbocycles. The molecule has 2 heterocycles. The van der Waals surface area contributed by atoms with Gasteiger partial charge in [0.25, 0.3) is 5.91 Å². The van der Waals surface area contributed by atoms with E-state index in [1.165, 1.54) is 10.9 Å². The molecule has 0 unspecified atom stereocenters. The number of hydrogen-bond donors (Lipinski definition) is 2. The fraction of sp³-hybridized carbons (Fsp3) is 0.417. The molecular formula is C12H15N5O4. The van der Waals surface area contributed by atoms with E-state index in [1.807, 2.05) is 13.8 Å². The van der Waals surface area contributed by atoms with Gasteiger partial charge in [0.15, 0.2) is 0 Å². The fourth-order valence-corrected chi connectivity index (χ4v) is 1.56. The van der Waals surface area contributed by atoms with Crippen molar-refractivity contribution in [3.05, 3.63) is 29.4 Å². The van der Waals surface area contributed by atoms with Gasteiger partial charge < -0.3 is 14.9 Å². The average molecular weight is 293 g/mol. The molecule has 0 radical (unpaired) electrons. The number of hydrogen-bond acceptors (Lipinski definition) is 6. The van der Waals surface area contributed by atoms with Gasteiger partial charge in [-0.2, -0.15) is 0 Å². The summed E-state index contributed by atoms with van der Waals surface area (Å²) in [7, 11) is 0. The number of aromatic nitrogens is 4. The molecule has 0 aromatic carbocycles. The van der Waals surface area contributed by atoms with Crippen molar-refractivity contribution in [2.45, 2.75) is 32.9 Å². The third-order valence-electron chi connectivity index (χ3n) is 2.66. The van der Waals surface area contributed by atoms with Crippen molar-refractivity contribution in [2.24, 2.45) is 0 Å². The summed E-state index contributed by atoms with van der Waals surface area (Å²) in [4.78, 5) is 22.4. The number of nitrogens with zero attached hydrogens (tertiary/aromatic N) is 4. The molecule has 0 aliphatic heterocycles. The van der Waals surface area contributed by atoms with Crippen LogP contribution in [0.25, 0.3) is 0 Å². The van der Waals surface area contributed by atoms with Crippen molar-refractivity contribution in [3.8, 4) is 0 Å². The second kappa shape index (κ2) is 6.16. The first-order valence-corrected chi connectivity index (χ1v) is 6.31. The molecule has 9 heteroatoms. The van der Waals surface area contributed by atoms with Gasteiger partial charge in [0.2, 0.25) is 5.76 Å². The summed E-state index contributed by atoms with van der Waals surface area (Å²) in [6.07, 6.45) is 1.45. The largest absolute Gasteiger partial charge is 0.480 e. The van der Waals surface area contributed by atoms with E-state index in [1.54, 1.807) is 6.07 Å². The van der Waals surface area contributed by atoms with Crippen molar-refractivity contribution < 1.29 is 19.2 Å². The van der Waals surface area contributed by atoms with Crippen molar-refractivity contribution in [2.75, 3.05) is 0 Å². The predicted molar refractivity (Wildman–Crippen MR) is 69.4 cm³/mol. The molecule has 0 bridgehead atoms. The monoisotopic (exact) mass is 293 g/mol. The van der Waals surface area contributed by atoms with Gasteiger partial charge >= 0.3 is 5.97 Å². The summed E-state index contributed by atoms with van der Waals surface area (Å²) in [5, 5.41) is 22.4. The normalized spacial score (nSPS) is 10.8. The number of carboxylic acids is 1.